The monoisotopic (exact) mass is 292 g/mol. The van der Waals surface area contributed by atoms with Crippen LogP contribution < -0.4 is 10.9 Å². The second-order valence-corrected chi connectivity index (χ2v) is 4.77. The molecule has 0 aliphatic carbocycles. The highest BCUT2D eigenvalue weighted by molar-refractivity contribution is 5.81. The van der Waals surface area contributed by atoms with Gasteiger partial charge in [0, 0.05) is 6.20 Å². The Bertz CT molecular complexity index is 480. The van der Waals surface area contributed by atoms with Gasteiger partial charge in [0.2, 0.25) is 0 Å². The largest absolute Gasteiger partial charge is 0.465 e. The number of esters is 1. The Labute approximate surface area is 123 Å². The number of carbonyl (C=O) groups excluding carboxylic acids is 2. The van der Waals surface area contributed by atoms with Crippen molar-refractivity contribution in [3.05, 3.63) is 24.4 Å². The topological polar surface area (TPSA) is 83.6 Å². The quantitative estimate of drug-likeness (QED) is 0.588. The first kappa shape index (κ1) is 15.2. The number of hydrazine groups is 1. The number of amides is 1. The van der Waals surface area contributed by atoms with Gasteiger partial charge in [-0.3, -0.25) is 25.3 Å². The Balaban J connectivity index is 1.80. The van der Waals surface area contributed by atoms with Gasteiger partial charge in [-0.05, 0) is 38.4 Å². The Morgan fingerprint density at radius 1 is 1.48 bits per heavy atom. The van der Waals surface area contributed by atoms with Crippen molar-refractivity contribution < 1.29 is 14.3 Å². The second kappa shape index (κ2) is 7.58. The first-order valence-electron chi connectivity index (χ1n) is 7.07. The lowest BCUT2D eigenvalue weighted by Crippen LogP contribution is -2.44. The summed E-state index contributed by atoms with van der Waals surface area (Å²) < 4.78 is 5.03. The van der Waals surface area contributed by atoms with Crippen molar-refractivity contribution in [1.29, 1.82) is 0 Å². The summed E-state index contributed by atoms with van der Waals surface area (Å²) in [6.07, 6.45) is 3.26. The van der Waals surface area contributed by atoms with E-state index >= 15 is 0 Å². The van der Waals surface area contributed by atoms with E-state index in [-0.39, 0.29) is 24.5 Å². The summed E-state index contributed by atoms with van der Waals surface area (Å²) in [5, 5.41) is 0. The van der Waals surface area contributed by atoms with Crippen LogP contribution in [0, 0.1) is 0 Å². The molecule has 0 bridgehead atoms. The minimum absolute atomic E-state index is 0.156. The molecule has 1 aliphatic heterocycles. The molecule has 1 atom stereocenters. The van der Waals surface area contributed by atoms with Gasteiger partial charge in [-0.25, -0.2) is 4.98 Å². The van der Waals surface area contributed by atoms with Crippen LogP contribution in [0.1, 0.15) is 19.8 Å². The molecule has 7 nitrogen and oxygen atoms in total. The summed E-state index contributed by atoms with van der Waals surface area (Å²) in [5.74, 6) is 0.103. The molecule has 7 heteroatoms. The highest BCUT2D eigenvalue weighted by Crippen LogP contribution is 2.17. The van der Waals surface area contributed by atoms with Crippen molar-refractivity contribution in [2.45, 2.75) is 25.8 Å². The number of ether oxygens (including phenoxy) is 1. The summed E-state index contributed by atoms with van der Waals surface area (Å²) in [6, 6.07) is 5.04. The molecule has 0 saturated carbocycles. The van der Waals surface area contributed by atoms with Crippen molar-refractivity contribution in [2.75, 3.05) is 25.1 Å². The van der Waals surface area contributed by atoms with Crippen molar-refractivity contribution in [3.63, 3.8) is 0 Å². The first-order chi connectivity index (χ1) is 10.2. The Hall–Kier alpha value is -2.15. The number of aromatic nitrogens is 1. The smallest absolute Gasteiger partial charge is 0.323 e. The van der Waals surface area contributed by atoms with Gasteiger partial charge in [-0.2, -0.15) is 0 Å². The fraction of sp³-hybridized carbons (Fsp3) is 0.500. The van der Waals surface area contributed by atoms with Crippen LogP contribution in [0.25, 0.3) is 0 Å². The summed E-state index contributed by atoms with van der Waals surface area (Å²) in [6.45, 7) is 3.01. The minimum atomic E-state index is -0.314. The molecule has 0 aromatic carbocycles. The van der Waals surface area contributed by atoms with Crippen LogP contribution in [-0.2, 0) is 14.3 Å². The zero-order chi connectivity index (χ0) is 15.1. The predicted octanol–water partition coefficient (Wildman–Crippen LogP) is 0.552. The van der Waals surface area contributed by atoms with Crippen LogP contribution in [0.4, 0.5) is 5.82 Å². The molecule has 2 heterocycles. The minimum Gasteiger partial charge on any atom is -0.465 e. The fourth-order valence-electron chi connectivity index (χ4n) is 2.32. The average molecular weight is 292 g/mol. The molecule has 1 unspecified atom stereocenters. The van der Waals surface area contributed by atoms with Gasteiger partial charge in [-0.15, -0.1) is 0 Å². The van der Waals surface area contributed by atoms with E-state index in [1.165, 1.54) is 0 Å². The Morgan fingerprint density at radius 3 is 3.05 bits per heavy atom. The van der Waals surface area contributed by atoms with E-state index in [1.807, 2.05) is 11.0 Å². The molecular formula is C14H20N4O3. The molecule has 1 amide bonds. The Morgan fingerprint density at radius 2 is 2.33 bits per heavy atom. The van der Waals surface area contributed by atoms with Gasteiger partial charge in [-0.1, -0.05) is 6.07 Å². The molecule has 1 fully saturated rings. The standard InChI is InChI=1S/C14H20N4O3/c1-2-21-14(20)11-6-5-9-18(11)10-13(19)17-16-12-7-3-4-8-15-12/h3-4,7-8,11H,2,5-6,9-10H2,1H3,(H,15,16)(H,17,19). The molecule has 2 rings (SSSR count). The van der Waals surface area contributed by atoms with Crippen LogP contribution in [0.2, 0.25) is 0 Å². The summed E-state index contributed by atoms with van der Waals surface area (Å²) in [4.78, 5) is 29.6. The van der Waals surface area contributed by atoms with Crippen molar-refractivity contribution in [2.24, 2.45) is 0 Å². The van der Waals surface area contributed by atoms with Crippen LogP contribution in [0.15, 0.2) is 24.4 Å². The number of nitrogens with zero attached hydrogens (tertiary/aromatic N) is 2. The van der Waals surface area contributed by atoms with Crippen molar-refractivity contribution in [3.8, 4) is 0 Å². The number of hydrogen-bond donors (Lipinski definition) is 2. The lowest BCUT2D eigenvalue weighted by Gasteiger charge is -2.22. The Kier molecular flexibility index (Phi) is 5.51. The van der Waals surface area contributed by atoms with Crippen LogP contribution in [0.5, 0.6) is 0 Å². The van der Waals surface area contributed by atoms with E-state index < -0.39 is 0 Å². The highest BCUT2D eigenvalue weighted by atomic mass is 16.5. The molecule has 0 radical (unpaired) electrons. The van der Waals surface area contributed by atoms with Gasteiger partial charge in [0.05, 0.1) is 13.2 Å². The van der Waals surface area contributed by atoms with E-state index in [4.69, 9.17) is 4.74 Å². The highest BCUT2D eigenvalue weighted by Gasteiger charge is 2.32. The fourth-order valence-corrected chi connectivity index (χ4v) is 2.32. The molecule has 1 aliphatic rings. The maximum absolute atomic E-state index is 11.9. The molecule has 0 spiro atoms. The average Bonchev–Trinajstić information content (AvgIpc) is 2.95. The van der Waals surface area contributed by atoms with E-state index in [9.17, 15) is 9.59 Å². The molecular weight excluding hydrogens is 272 g/mol. The van der Waals surface area contributed by atoms with E-state index in [0.29, 0.717) is 12.4 Å². The number of carbonyl (C=O) groups is 2. The summed E-state index contributed by atoms with van der Waals surface area (Å²) in [5.41, 5.74) is 5.31. The van der Waals surface area contributed by atoms with Gasteiger partial charge >= 0.3 is 5.97 Å². The van der Waals surface area contributed by atoms with Gasteiger partial charge in [0.25, 0.3) is 5.91 Å². The molecule has 1 aromatic rings. The maximum Gasteiger partial charge on any atom is 0.323 e. The van der Waals surface area contributed by atoms with Crippen LogP contribution in [0.3, 0.4) is 0 Å². The summed E-state index contributed by atoms with van der Waals surface area (Å²) in [7, 11) is 0. The zero-order valence-electron chi connectivity index (χ0n) is 12.0. The molecule has 1 aromatic heterocycles. The lowest BCUT2D eigenvalue weighted by molar-refractivity contribution is -0.148. The maximum atomic E-state index is 11.9. The third-order valence-electron chi connectivity index (χ3n) is 3.26. The third kappa shape index (κ3) is 4.42. The second-order valence-electron chi connectivity index (χ2n) is 4.77. The number of likely N-dealkylation sites (tertiary alicyclic amines) is 1. The lowest BCUT2D eigenvalue weighted by atomic mass is 10.2. The normalized spacial score (nSPS) is 18.2. The summed E-state index contributed by atoms with van der Waals surface area (Å²) >= 11 is 0. The number of anilines is 1. The molecule has 2 N–H and O–H groups in total. The van der Waals surface area contributed by atoms with Crippen LogP contribution in [-0.4, -0.2) is 47.5 Å². The van der Waals surface area contributed by atoms with Gasteiger partial charge in [0.15, 0.2) is 0 Å². The van der Waals surface area contributed by atoms with E-state index in [0.717, 1.165) is 19.4 Å². The van der Waals surface area contributed by atoms with Gasteiger partial charge < -0.3 is 4.74 Å². The van der Waals surface area contributed by atoms with E-state index in [1.54, 1.807) is 25.3 Å². The van der Waals surface area contributed by atoms with E-state index in [2.05, 4.69) is 15.8 Å². The predicted molar refractivity (Wildman–Crippen MR) is 77.2 cm³/mol. The SMILES string of the molecule is CCOC(=O)C1CCCN1CC(=O)NNc1ccccn1. The van der Waals surface area contributed by atoms with Crippen LogP contribution >= 0.6 is 0 Å². The molecule has 1 saturated heterocycles. The number of nitrogens with one attached hydrogen (secondary N) is 2. The third-order valence-corrected chi connectivity index (χ3v) is 3.26. The molecule has 114 valence electrons. The molecule has 21 heavy (non-hydrogen) atoms. The van der Waals surface area contributed by atoms with Gasteiger partial charge in [0.1, 0.15) is 11.9 Å². The number of pyridine rings is 1. The van der Waals surface area contributed by atoms with Crippen molar-refractivity contribution in [1.82, 2.24) is 15.3 Å². The number of rotatable bonds is 6. The first-order valence-corrected chi connectivity index (χ1v) is 7.07. The number of hydrogen-bond acceptors (Lipinski definition) is 6. The van der Waals surface area contributed by atoms with Crippen molar-refractivity contribution >= 4 is 17.7 Å². The zero-order valence-corrected chi connectivity index (χ0v) is 12.0.